The second-order valence-electron chi connectivity index (χ2n) is 3.53. The molecular weight excluding hydrogens is 210 g/mol. The van der Waals surface area contributed by atoms with Crippen LogP contribution in [0.15, 0.2) is 18.2 Å². The zero-order valence-corrected chi connectivity index (χ0v) is 9.02. The topological polar surface area (TPSA) is 75.6 Å². The number of rotatable bonds is 4. The van der Waals surface area contributed by atoms with E-state index in [2.05, 4.69) is 5.73 Å². The first-order valence-corrected chi connectivity index (χ1v) is 5.30. The van der Waals surface area contributed by atoms with Crippen molar-refractivity contribution in [2.45, 2.75) is 6.10 Å². The first-order valence-electron chi connectivity index (χ1n) is 5.30. The van der Waals surface area contributed by atoms with Crippen LogP contribution in [0, 0.1) is 0 Å². The third kappa shape index (κ3) is 2.37. The molecule has 1 heterocycles. The monoisotopic (exact) mass is 226 g/mol. The van der Waals surface area contributed by atoms with Gasteiger partial charge in [0.1, 0.15) is 32.5 Å². The Morgan fingerprint density at radius 3 is 3.00 bits per heavy atom. The molecule has 1 aromatic rings. The lowest BCUT2D eigenvalue weighted by molar-refractivity contribution is -0.384. The molecule has 0 unspecified atom stereocenters. The van der Waals surface area contributed by atoms with E-state index in [4.69, 9.17) is 14.2 Å². The number of hydrogen-bond donors (Lipinski definition) is 2. The summed E-state index contributed by atoms with van der Waals surface area (Å²) >= 11 is 0. The van der Waals surface area contributed by atoms with Gasteiger partial charge in [-0.3, -0.25) is 0 Å². The van der Waals surface area contributed by atoms with E-state index < -0.39 is 6.10 Å². The van der Waals surface area contributed by atoms with E-state index in [0.717, 1.165) is 0 Å². The summed E-state index contributed by atoms with van der Waals surface area (Å²) in [4.78, 5) is 0. The normalized spacial score (nSPS) is 15.6. The molecule has 0 spiro atoms. The summed E-state index contributed by atoms with van der Waals surface area (Å²) in [5, 5.41) is 9.36. The maximum atomic E-state index is 9.36. The van der Waals surface area contributed by atoms with Crippen LogP contribution in [0.3, 0.4) is 0 Å². The van der Waals surface area contributed by atoms with Gasteiger partial charge >= 0.3 is 0 Å². The number of aliphatic hydroxyl groups excluding tert-OH is 1. The van der Waals surface area contributed by atoms with Gasteiger partial charge in [-0.2, -0.15) is 0 Å². The van der Waals surface area contributed by atoms with Crippen LogP contribution in [0.4, 0.5) is 0 Å². The van der Waals surface area contributed by atoms with E-state index >= 15 is 0 Å². The molecule has 88 valence electrons. The number of fused-ring (bicyclic) bond motifs is 1. The Morgan fingerprint density at radius 2 is 2.19 bits per heavy atom. The molecule has 0 saturated heterocycles. The van der Waals surface area contributed by atoms with E-state index in [9.17, 15) is 5.11 Å². The van der Waals surface area contributed by atoms with Gasteiger partial charge in [-0.25, -0.2) is 0 Å². The lowest BCUT2D eigenvalue weighted by Crippen LogP contribution is -2.56. The molecule has 0 fully saturated rings. The lowest BCUT2D eigenvalue weighted by atomic mass is 10.3. The molecule has 5 nitrogen and oxygen atoms in total. The molecule has 0 amide bonds. The first-order chi connectivity index (χ1) is 7.81. The summed E-state index contributed by atoms with van der Waals surface area (Å²) in [6.07, 6.45) is -0.555. The summed E-state index contributed by atoms with van der Waals surface area (Å²) in [5.41, 5.74) is 3.60. The Kier molecular flexibility index (Phi) is 3.48. The summed E-state index contributed by atoms with van der Waals surface area (Å²) in [6.45, 7) is 1.71. The number of quaternary nitrogens is 1. The molecule has 0 radical (unpaired) electrons. The molecule has 5 heteroatoms. The van der Waals surface area contributed by atoms with Crippen molar-refractivity contribution in [1.82, 2.24) is 0 Å². The van der Waals surface area contributed by atoms with Gasteiger partial charge in [-0.15, -0.1) is 0 Å². The maximum Gasteiger partial charge on any atom is 0.203 e. The van der Waals surface area contributed by atoms with E-state index in [1.165, 1.54) is 0 Å². The van der Waals surface area contributed by atoms with Gasteiger partial charge in [0.2, 0.25) is 5.75 Å². The quantitative estimate of drug-likeness (QED) is 0.721. The number of para-hydroxylation sites is 1. The third-order valence-corrected chi connectivity index (χ3v) is 2.29. The summed E-state index contributed by atoms with van der Waals surface area (Å²) in [5.74, 6) is 1.91. The molecule has 1 atom stereocenters. The van der Waals surface area contributed by atoms with Crippen molar-refractivity contribution in [3.05, 3.63) is 18.2 Å². The predicted molar refractivity (Wildman–Crippen MR) is 56.7 cm³/mol. The highest BCUT2D eigenvalue weighted by atomic mass is 16.6. The van der Waals surface area contributed by atoms with Gasteiger partial charge in [0, 0.05) is 0 Å². The number of hydrogen-bond acceptors (Lipinski definition) is 4. The molecule has 0 aromatic heterocycles. The van der Waals surface area contributed by atoms with Gasteiger partial charge in [0.25, 0.3) is 0 Å². The van der Waals surface area contributed by atoms with Crippen LogP contribution < -0.4 is 19.9 Å². The highest BCUT2D eigenvalue weighted by Gasteiger charge is 2.17. The Balaban J connectivity index is 2.08. The molecule has 1 aromatic carbocycles. The lowest BCUT2D eigenvalue weighted by Gasteiger charge is -2.21. The van der Waals surface area contributed by atoms with Gasteiger partial charge < -0.3 is 25.1 Å². The number of aliphatic hydroxyl groups is 1. The second kappa shape index (κ2) is 5.05. The number of benzene rings is 1. The molecule has 1 aliphatic heterocycles. The largest absolute Gasteiger partial charge is 0.487 e. The van der Waals surface area contributed by atoms with E-state index in [1.807, 2.05) is 12.1 Å². The summed E-state index contributed by atoms with van der Waals surface area (Å²) < 4.78 is 16.4. The highest BCUT2D eigenvalue weighted by Crippen LogP contribution is 2.38. The van der Waals surface area contributed by atoms with Crippen molar-refractivity contribution in [1.29, 1.82) is 0 Å². The molecular formula is C11H16NO4+. The van der Waals surface area contributed by atoms with Crippen molar-refractivity contribution < 1.29 is 25.1 Å². The summed E-state index contributed by atoms with van der Waals surface area (Å²) in [6, 6.07) is 5.46. The minimum absolute atomic E-state index is 0.212. The van der Waals surface area contributed by atoms with Gasteiger partial charge in [-0.05, 0) is 12.1 Å². The predicted octanol–water partition coefficient (Wildman–Crippen LogP) is -0.561. The van der Waals surface area contributed by atoms with Crippen molar-refractivity contribution >= 4 is 0 Å². The Labute approximate surface area is 93.7 Å². The van der Waals surface area contributed by atoms with Crippen LogP contribution in [0.5, 0.6) is 17.2 Å². The van der Waals surface area contributed by atoms with Crippen LogP contribution in [0.1, 0.15) is 0 Å². The SMILES string of the molecule is [NH3+]C[C@H](O)COc1cccc2c1OCCO2. The van der Waals surface area contributed by atoms with E-state index in [1.54, 1.807) is 6.07 Å². The first kappa shape index (κ1) is 11.0. The average molecular weight is 226 g/mol. The van der Waals surface area contributed by atoms with Gasteiger partial charge in [0.05, 0.1) is 0 Å². The van der Waals surface area contributed by atoms with E-state index in [-0.39, 0.29) is 6.61 Å². The Hall–Kier alpha value is -1.46. The Bertz CT molecular complexity index is 356. The fraction of sp³-hybridized carbons (Fsp3) is 0.455. The fourth-order valence-electron chi connectivity index (χ4n) is 1.43. The fourth-order valence-corrected chi connectivity index (χ4v) is 1.43. The summed E-state index contributed by atoms with van der Waals surface area (Å²) in [7, 11) is 0. The second-order valence-corrected chi connectivity index (χ2v) is 3.53. The smallest absolute Gasteiger partial charge is 0.203 e. The minimum atomic E-state index is -0.555. The molecule has 1 aliphatic rings. The van der Waals surface area contributed by atoms with Crippen LogP contribution >= 0.6 is 0 Å². The average Bonchev–Trinajstić information content (AvgIpc) is 2.35. The van der Waals surface area contributed by atoms with Crippen molar-refractivity contribution in [2.75, 3.05) is 26.4 Å². The van der Waals surface area contributed by atoms with Crippen LogP contribution in [0.2, 0.25) is 0 Å². The van der Waals surface area contributed by atoms with Crippen molar-refractivity contribution in [2.24, 2.45) is 0 Å². The standard InChI is InChI=1S/C11H15NO4/c12-6-8(13)7-16-10-3-1-2-9-11(10)15-5-4-14-9/h1-3,8,13H,4-7,12H2/p+1/t8-/m0/s1. The van der Waals surface area contributed by atoms with Crippen LogP contribution in [-0.4, -0.2) is 37.6 Å². The number of ether oxygens (including phenoxy) is 3. The zero-order chi connectivity index (χ0) is 11.4. The molecule has 0 bridgehead atoms. The van der Waals surface area contributed by atoms with Crippen LogP contribution in [0.25, 0.3) is 0 Å². The molecule has 0 saturated carbocycles. The molecule has 0 aliphatic carbocycles. The highest BCUT2D eigenvalue weighted by molar-refractivity contribution is 5.51. The van der Waals surface area contributed by atoms with Gasteiger partial charge in [0.15, 0.2) is 11.5 Å². The Morgan fingerprint density at radius 1 is 1.38 bits per heavy atom. The van der Waals surface area contributed by atoms with Crippen molar-refractivity contribution in [3.63, 3.8) is 0 Å². The molecule has 16 heavy (non-hydrogen) atoms. The van der Waals surface area contributed by atoms with E-state index in [0.29, 0.717) is 37.0 Å². The maximum absolute atomic E-state index is 9.36. The van der Waals surface area contributed by atoms with Crippen molar-refractivity contribution in [3.8, 4) is 17.2 Å². The van der Waals surface area contributed by atoms with Crippen LogP contribution in [-0.2, 0) is 0 Å². The minimum Gasteiger partial charge on any atom is -0.487 e. The molecule has 4 N–H and O–H groups in total. The van der Waals surface area contributed by atoms with Gasteiger partial charge in [-0.1, -0.05) is 6.07 Å². The molecule has 2 rings (SSSR count). The zero-order valence-electron chi connectivity index (χ0n) is 9.02. The third-order valence-electron chi connectivity index (χ3n) is 2.29.